The first-order valence-electron chi connectivity index (χ1n) is 4.25. The van der Waals surface area contributed by atoms with Crippen LogP contribution in [0.1, 0.15) is 20.2 Å². The molecule has 0 aliphatic rings. The number of carbonyl (C=O) groups excluding carboxylic acids is 1. The minimum atomic E-state index is -0.603. The molecule has 0 saturated carbocycles. The maximum absolute atomic E-state index is 13.2. The van der Waals surface area contributed by atoms with Crippen LogP contribution in [0.15, 0.2) is 24.7 Å². The molecule has 15 heavy (non-hydrogen) atoms. The van der Waals surface area contributed by atoms with Crippen molar-refractivity contribution in [3.8, 4) is 0 Å². The summed E-state index contributed by atoms with van der Waals surface area (Å²) in [5.41, 5.74) is 0.0358. The Bertz CT molecular complexity index is 510. The Morgan fingerprint density at radius 3 is 2.87 bits per heavy atom. The van der Waals surface area contributed by atoms with Crippen LogP contribution in [0.2, 0.25) is 0 Å². The summed E-state index contributed by atoms with van der Waals surface area (Å²) in [5, 5.41) is 0.785. The van der Waals surface area contributed by atoms with Gasteiger partial charge in [0, 0.05) is 12.4 Å². The zero-order chi connectivity index (χ0) is 10.8. The van der Waals surface area contributed by atoms with Gasteiger partial charge in [-0.05, 0) is 13.0 Å². The Labute approximate surface area is 89.6 Å². The summed E-state index contributed by atoms with van der Waals surface area (Å²) in [6.07, 6.45) is 3.88. The third-order valence-electron chi connectivity index (χ3n) is 1.86. The van der Waals surface area contributed by atoms with E-state index in [4.69, 9.17) is 0 Å². The Morgan fingerprint density at radius 1 is 1.47 bits per heavy atom. The summed E-state index contributed by atoms with van der Waals surface area (Å²) in [4.78, 5) is 19.8. The third-order valence-corrected chi connectivity index (χ3v) is 2.77. The van der Waals surface area contributed by atoms with Gasteiger partial charge < -0.3 is 0 Å². The molecule has 2 aromatic heterocycles. The highest BCUT2D eigenvalue weighted by molar-refractivity contribution is 7.13. The second kappa shape index (κ2) is 3.86. The van der Waals surface area contributed by atoms with E-state index in [2.05, 4.69) is 9.97 Å². The van der Waals surface area contributed by atoms with Crippen molar-refractivity contribution in [2.24, 2.45) is 0 Å². The van der Waals surface area contributed by atoms with Crippen LogP contribution >= 0.6 is 11.3 Å². The summed E-state index contributed by atoms with van der Waals surface area (Å²) in [7, 11) is 0. The Kier molecular flexibility index (Phi) is 2.55. The van der Waals surface area contributed by atoms with Gasteiger partial charge in [-0.2, -0.15) is 0 Å². The van der Waals surface area contributed by atoms with E-state index >= 15 is 0 Å². The van der Waals surface area contributed by atoms with Crippen molar-refractivity contribution < 1.29 is 9.18 Å². The van der Waals surface area contributed by atoms with E-state index in [-0.39, 0.29) is 11.3 Å². The molecule has 2 rings (SSSR count). The van der Waals surface area contributed by atoms with Crippen molar-refractivity contribution in [1.29, 1.82) is 0 Å². The number of thiazole rings is 1. The van der Waals surface area contributed by atoms with Gasteiger partial charge in [0.2, 0.25) is 5.78 Å². The van der Waals surface area contributed by atoms with Crippen LogP contribution in [-0.4, -0.2) is 15.8 Å². The zero-order valence-electron chi connectivity index (χ0n) is 7.90. The molecule has 0 radical (unpaired) electrons. The van der Waals surface area contributed by atoms with Crippen molar-refractivity contribution in [3.05, 3.63) is 45.9 Å². The molecule has 0 aliphatic heterocycles. The standard InChI is InChI=1S/C10H7FN2OS/c1-6-13-5-9(15-6)10(14)7-2-3-12-4-8(7)11/h2-5H,1H3. The molecule has 0 amide bonds. The minimum Gasteiger partial charge on any atom is -0.288 e. The average molecular weight is 222 g/mol. The first-order valence-corrected chi connectivity index (χ1v) is 5.07. The number of ketones is 1. The maximum Gasteiger partial charge on any atom is 0.207 e. The summed E-state index contributed by atoms with van der Waals surface area (Å²) < 4.78 is 13.2. The second-order valence-electron chi connectivity index (χ2n) is 2.93. The Balaban J connectivity index is 2.41. The van der Waals surface area contributed by atoms with E-state index in [1.54, 1.807) is 6.92 Å². The molecule has 0 atom stereocenters. The van der Waals surface area contributed by atoms with Crippen molar-refractivity contribution in [2.75, 3.05) is 0 Å². The highest BCUT2D eigenvalue weighted by Gasteiger charge is 2.15. The molecule has 76 valence electrons. The summed E-state index contributed by atoms with van der Waals surface area (Å²) >= 11 is 1.25. The number of carbonyl (C=O) groups is 1. The largest absolute Gasteiger partial charge is 0.288 e. The molecule has 0 bridgehead atoms. The number of pyridine rings is 1. The van der Waals surface area contributed by atoms with Gasteiger partial charge in [-0.25, -0.2) is 9.37 Å². The predicted molar refractivity (Wildman–Crippen MR) is 54.5 cm³/mol. The van der Waals surface area contributed by atoms with Crippen LogP contribution in [-0.2, 0) is 0 Å². The number of aryl methyl sites for hydroxylation is 1. The monoisotopic (exact) mass is 222 g/mol. The van der Waals surface area contributed by atoms with Crippen LogP contribution in [0.5, 0.6) is 0 Å². The molecular weight excluding hydrogens is 215 g/mol. The molecule has 0 N–H and O–H groups in total. The number of nitrogens with zero attached hydrogens (tertiary/aromatic N) is 2. The Hall–Kier alpha value is -1.62. The molecule has 2 heterocycles. The summed E-state index contributed by atoms with van der Waals surface area (Å²) in [5.74, 6) is -0.950. The highest BCUT2D eigenvalue weighted by Crippen LogP contribution is 2.17. The fourth-order valence-corrected chi connectivity index (χ4v) is 1.89. The van der Waals surface area contributed by atoms with Gasteiger partial charge >= 0.3 is 0 Å². The smallest absolute Gasteiger partial charge is 0.207 e. The first kappa shape index (κ1) is 9.92. The number of aromatic nitrogens is 2. The Morgan fingerprint density at radius 2 is 2.27 bits per heavy atom. The lowest BCUT2D eigenvalue weighted by atomic mass is 10.1. The SMILES string of the molecule is Cc1ncc(C(=O)c2ccncc2F)s1. The van der Waals surface area contributed by atoms with Gasteiger partial charge in [0.1, 0.15) is 0 Å². The molecule has 0 aliphatic carbocycles. The van der Waals surface area contributed by atoms with Gasteiger partial charge in [0.05, 0.1) is 21.6 Å². The fourth-order valence-electron chi connectivity index (χ4n) is 1.16. The molecule has 2 aromatic rings. The normalized spacial score (nSPS) is 10.3. The van der Waals surface area contributed by atoms with Gasteiger partial charge in [-0.3, -0.25) is 9.78 Å². The van der Waals surface area contributed by atoms with Gasteiger partial charge in [-0.1, -0.05) is 0 Å². The van der Waals surface area contributed by atoms with Gasteiger partial charge in [0.25, 0.3) is 0 Å². The quantitative estimate of drug-likeness (QED) is 0.732. The highest BCUT2D eigenvalue weighted by atomic mass is 32.1. The number of halogens is 1. The molecule has 0 unspecified atom stereocenters. The lowest BCUT2D eigenvalue weighted by Crippen LogP contribution is -2.02. The molecule has 0 aromatic carbocycles. The van der Waals surface area contributed by atoms with E-state index < -0.39 is 5.82 Å². The summed E-state index contributed by atoms with van der Waals surface area (Å²) in [6.45, 7) is 1.80. The molecule has 5 heteroatoms. The molecule has 3 nitrogen and oxygen atoms in total. The van der Waals surface area contributed by atoms with Crippen molar-refractivity contribution in [3.63, 3.8) is 0 Å². The maximum atomic E-state index is 13.2. The fraction of sp³-hybridized carbons (Fsp3) is 0.100. The predicted octanol–water partition coefficient (Wildman–Crippen LogP) is 2.22. The summed E-state index contributed by atoms with van der Waals surface area (Å²) in [6, 6.07) is 1.37. The topological polar surface area (TPSA) is 42.9 Å². The molecular formula is C10H7FN2OS. The lowest BCUT2D eigenvalue weighted by Gasteiger charge is -1.97. The zero-order valence-corrected chi connectivity index (χ0v) is 8.71. The average Bonchev–Trinajstić information content (AvgIpc) is 2.65. The van der Waals surface area contributed by atoms with Crippen LogP contribution in [0, 0.1) is 12.7 Å². The van der Waals surface area contributed by atoms with E-state index in [9.17, 15) is 9.18 Å². The van der Waals surface area contributed by atoms with E-state index in [1.807, 2.05) is 0 Å². The minimum absolute atomic E-state index is 0.0358. The van der Waals surface area contributed by atoms with E-state index in [0.717, 1.165) is 11.2 Å². The van der Waals surface area contributed by atoms with Crippen molar-refractivity contribution in [2.45, 2.75) is 6.92 Å². The number of hydrogen-bond donors (Lipinski definition) is 0. The second-order valence-corrected chi connectivity index (χ2v) is 4.16. The third kappa shape index (κ3) is 1.92. The lowest BCUT2D eigenvalue weighted by molar-refractivity contribution is 0.103. The van der Waals surface area contributed by atoms with Crippen LogP contribution in [0.3, 0.4) is 0 Å². The van der Waals surface area contributed by atoms with Crippen LogP contribution in [0.25, 0.3) is 0 Å². The van der Waals surface area contributed by atoms with Crippen molar-refractivity contribution >= 4 is 17.1 Å². The van der Waals surface area contributed by atoms with E-state index in [1.165, 1.54) is 29.8 Å². The van der Waals surface area contributed by atoms with E-state index in [0.29, 0.717) is 4.88 Å². The number of hydrogen-bond acceptors (Lipinski definition) is 4. The number of rotatable bonds is 2. The first-order chi connectivity index (χ1) is 7.18. The van der Waals surface area contributed by atoms with Gasteiger partial charge in [-0.15, -0.1) is 11.3 Å². The van der Waals surface area contributed by atoms with Crippen LogP contribution in [0.4, 0.5) is 4.39 Å². The van der Waals surface area contributed by atoms with Crippen molar-refractivity contribution in [1.82, 2.24) is 9.97 Å². The molecule has 0 spiro atoms. The molecule has 0 fully saturated rings. The van der Waals surface area contributed by atoms with Gasteiger partial charge in [0.15, 0.2) is 5.82 Å². The van der Waals surface area contributed by atoms with Crippen LogP contribution < -0.4 is 0 Å². The molecule has 0 saturated heterocycles.